The van der Waals surface area contributed by atoms with Crippen molar-refractivity contribution in [1.29, 1.82) is 0 Å². The normalized spacial score (nSPS) is 14.2. The third-order valence-corrected chi connectivity index (χ3v) is 5.20. The summed E-state index contributed by atoms with van der Waals surface area (Å²) in [5, 5.41) is 2.86. The van der Waals surface area contributed by atoms with Gasteiger partial charge in [-0.2, -0.15) is 0 Å². The van der Waals surface area contributed by atoms with Crippen LogP contribution in [0.4, 0.5) is 19.3 Å². The van der Waals surface area contributed by atoms with E-state index in [0.717, 1.165) is 31.3 Å². The first kappa shape index (κ1) is 21.7. The lowest BCUT2D eigenvalue weighted by Crippen LogP contribution is -2.49. The summed E-state index contributed by atoms with van der Waals surface area (Å²) in [6.07, 6.45) is 3.28. The molecule has 6 nitrogen and oxygen atoms in total. The number of nitrogens with one attached hydrogen (secondary N) is 1. The molecule has 32 heavy (non-hydrogen) atoms. The van der Waals surface area contributed by atoms with Crippen LogP contribution in [0.2, 0.25) is 0 Å². The van der Waals surface area contributed by atoms with Crippen LogP contribution >= 0.6 is 0 Å². The fourth-order valence-corrected chi connectivity index (χ4v) is 3.60. The molecule has 1 aromatic heterocycles. The first-order valence-electron chi connectivity index (χ1n) is 10.4. The molecule has 3 aromatic rings. The fourth-order valence-electron chi connectivity index (χ4n) is 3.60. The van der Waals surface area contributed by atoms with E-state index < -0.39 is 11.6 Å². The predicted octanol–water partition coefficient (Wildman–Crippen LogP) is 4.29. The monoisotopic (exact) mass is 438 g/mol. The van der Waals surface area contributed by atoms with Crippen LogP contribution in [0.15, 0.2) is 67.0 Å². The highest BCUT2D eigenvalue weighted by atomic mass is 19.1. The Morgan fingerprint density at radius 3 is 2.47 bits per heavy atom. The molecule has 0 bridgehead atoms. The minimum atomic E-state index is -0.620. The van der Waals surface area contributed by atoms with Gasteiger partial charge in [-0.05, 0) is 47.5 Å². The fraction of sp³-hybridized carbons (Fsp3) is 0.250. The van der Waals surface area contributed by atoms with E-state index in [1.54, 1.807) is 29.4 Å². The third kappa shape index (κ3) is 6.01. The van der Waals surface area contributed by atoms with E-state index in [1.807, 2.05) is 24.3 Å². The first-order chi connectivity index (χ1) is 15.5. The summed E-state index contributed by atoms with van der Waals surface area (Å²) in [7, 11) is 0. The highest BCUT2D eigenvalue weighted by Gasteiger charge is 2.21. The number of piperazine rings is 1. The molecule has 8 heteroatoms. The second kappa shape index (κ2) is 10.2. The second-order valence-corrected chi connectivity index (χ2v) is 7.65. The van der Waals surface area contributed by atoms with Crippen LogP contribution in [0.3, 0.4) is 0 Å². The highest BCUT2D eigenvalue weighted by molar-refractivity contribution is 5.89. The van der Waals surface area contributed by atoms with E-state index in [2.05, 4.69) is 15.2 Å². The van der Waals surface area contributed by atoms with E-state index in [1.165, 1.54) is 12.1 Å². The largest absolute Gasteiger partial charge is 0.489 e. The van der Waals surface area contributed by atoms with Crippen molar-refractivity contribution in [3.63, 3.8) is 0 Å². The molecule has 166 valence electrons. The SMILES string of the molecule is O=C(Nc1cccnc1)N1CCN(Cc2cccc(OCc3cc(F)cc(F)c3)c2)CC1. The molecule has 4 rings (SSSR count). The van der Waals surface area contributed by atoms with Crippen LogP contribution in [0.25, 0.3) is 0 Å². The minimum Gasteiger partial charge on any atom is -0.489 e. The average molecular weight is 438 g/mol. The lowest BCUT2D eigenvalue weighted by Gasteiger charge is -2.34. The van der Waals surface area contributed by atoms with Crippen molar-refractivity contribution in [2.45, 2.75) is 13.2 Å². The maximum Gasteiger partial charge on any atom is 0.321 e. The Hall–Kier alpha value is -3.52. The molecule has 0 aliphatic carbocycles. The Balaban J connectivity index is 1.26. The van der Waals surface area contributed by atoms with Crippen LogP contribution in [-0.4, -0.2) is 47.0 Å². The molecule has 0 saturated carbocycles. The number of hydrogen-bond acceptors (Lipinski definition) is 4. The number of nitrogens with zero attached hydrogens (tertiary/aromatic N) is 3. The van der Waals surface area contributed by atoms with Crippen LogP contribution < -0.4 is 10.1 Å². The van der Waals surface area contributed by atoms with Crippen molar-refractivity contribution in [2.75, 3.05) is 31.5 Å². The summed E-state index contributed by atoms with van der Waals surface area (Å²) in [6, 6.07) is 14.5. The molecule has 0 radical (unpaired) electrons. The smallest absolute Gasteiger partial charge is 0.321 e. The van der Waals surface area contributed by atoms with E-state index in [9.17, 15) is 13.6 Å². The molecule has 2 aromatic carbocycles. The van der Waals surface area contributed by atoms with Crippen molar-refractivity contribution < 1.29 is 18.3 Å². The van der Waals surface area contributed by atoms with Gasteiger partial charge in [-0.15, -0.1) is 0 Å². The van der Waals surface area contributed by atoms with Gasteiger partial charge in [0.2, 0.25) is 0 Å². The Labute approximate surface area is 185 Å². The number of pyridine rings is 1. The molecule has 2 heterocycles. The van der Waals surface area contributed by atoms with Crippen LogP contribution in [0.5, 0.6) is 5.75 Å². The Morgan fingerprint density at radius 1 is 0.969 bits per heavy atom. The average Bonchev–Trinajstić information content (AvgIpc) is 2.78. The van der Waals surface area contributed by atoms with Gasteiger partial charge in [-0.25, -0.2) is 13.6 Å². The molecule has 1 N–H and O–H groups in total. The summed E-state index contributed by atoms with van der Waals surface area (Å²) < 4.78 is 32.4. The Morgan fingerprint density at radius 2 is 1.75 bits per heavy atom. The quantitative estimate of drug-likeness (QED) is 0.624. The number of carbonyl (C=O) groups excluding carboxylic acids is 1. The maximum atomic E-state index is 13.3. The molecule has 0 spiro atoms. The first-order valence-corrected chi connectivity index (χ1v) is 10.4. The topological polar surface area (TPSA) is 57.7 Å². The van der Waals surface area contributed by atoms with Crippen LogP contribution in [-0.2, 0) is 13.2 Å². The van der Waals surface area contributed by atoms with Crippen molar-refractivity contribution in [2.24, 2.45) is 0 Å². The molecule has 1 aliphatic rings. The zero-order valence-electron chi connectivity index (χ0n) is 17.5. The summed E-state index contributed by atoms with van der Waals surface area (Å²) in [6.45, 7) is 3.59. The number of rotatable bonds is 6. The van der Waals surface area contributed by atoms with Crippen molar-refractivity contribution in [3.05, 3.63) is 89.8 Å². The molecular weight excluding hydrogens is 414 g/mol. The minimum absolute atomic E-state index is 0.0862. The number of halogens is 2. The van der Waals surface area contributed by atoms with Crippen molar-refractivity contribution in [1.82, 2.24) is 14.8 Å². The second-order valence-electron chi connectivity index (χ2n) is 7.65. The van der Waals surface area contributed by atoms with Gasteiger partial charge in [0.05, 0.1) is 11.9 Å². The number of aromatic nitrogens is 1. The van der Waals surface area contributed by atoms with Crippen molar-refractivity contribution >= 4 is 11.7 Å². The number of urea groups is 1. The third-order valence-electron chi connectivity index (χ3n) is 5.20. The highest BCUT2D eigenvalue weighted by Crippen LogP contribution is 2.18. The molecule has 2 amide bonds. The molecule has 1 fully saturated rings. The molecule has 0 atom stereocenters. The van der Waals surface area contributed by atoms with E-state index >= 15 is 0 Å². The van der Waals surface area contributed by atoms with Gasteiger partial charge in [-0.1, -0.05) is 12.1 Å². The zero-order chi connectivity index (χ0) is 22.3. The number of anilines is 1. The molecule has 1 saturated heterocycles. The summed E-state index contributed by atoms with van der Waals surface area (Å²) in [5.74, 6) is -0.599. The molecular formula is C24H24F2N4O2. The van der Waals surface area contributed by atoms with Gasteiger partial charge < -0.3 is 15.0 Å². The number of amides is 2. The van der Waals surface area contributed by atoms with Gasteiger partial charge >= 0.3 is 6.03 Å². The van der Waals surface area contributed by atoms with Gasteiger partial charge in [-0.3, -0.25) is 9.88 Å². The number of ether oxygens (including phenoxy) is 1. The molecule has 1 aliphatic heterocycles. The van der Waals surface area contributed by atoms with E-state index in [0.29, 0.717) is 30.1 Å². The van der Waals surface area contributed by atoms with E-state index in [-0.39, 0.29) is 12.6 Å². The summed E-state index contributed by atoms with van der Waals surface area (Å²) >= 11 is 0. The summed E-state index contributed by atoms with van der Waals surface area (Å²) in [5.41, 5.74) is 2.19. The van der Waals surface area contributed by atoms with Crippen molar-refractivity contribution in [3.8, 4) is 5.75 Å². The summed E-state index contributed by atoms with van der Waals surface area (Å²) in [4.78, 5) is 20.5. The standard InChI is InChI=1S/C24H24F2N4O2/c25-20-11-19(12-21(26)14-20)17-32-23-5-1-3-18(13-23)16-29-7-9-30(10-8-29)24(31)28-22-4-2-6-27-15-22/h1-6,11-15H,7-10,16-17H2,(H,28,31). The van der Waals surface area contributed by atoms with Crippen LogP contribution in [0.1, 0.15) is 11.1 Å². The lowest BCUT2D eigenvalue weighted by atomic mass is 10.2. The van der Waals surface area contributed by atoms with Gasteiger partial charge in [0, 0.05) is 45.0 Å². The Kier molecular flexibility index (Phi) is 6.91. The Bertz CT molecular complexity index is 1040. The van der Waals surface area contributed by atoms with Crippen LogP contribution in [0, 0.1) is 11.6 Å². The predicted molar refractivity (Wildman–Crippen MR) is 117 cm³/mol. The van der Waals surface area contributed by atoms with Gasteiger partial charge in [0.25, 0.3) is 0 Å². The number of benzene rings is 2. The van der Waals surface area contributed by atoms with Gasteiger partial charge in [0.15, 0.2) is 0 Å². The lowest BCUT2D eigenvalue weighted by molar-refractivity contribution is 0.143. The van der Waals surface area contributed by atoms with Gasteiger partial charge in [0.1, 0.15) is 24.0 Å². The molecule has 0 unspecified atom stereocenters. The van der Waals surface area contributed by atoms with E-state index in [4.69, 9.17) is 4.74 Å². The number of hydrogen-bond donors (Lipinski definition) is 1. The maximum absolute atomic E-state index is 13.3. The number of carbonyl (C=O) groups is 1. The zero-order valence-corrected chi connectivity index (χ0v) is 17.5.